The van der Waals surface area contributed by atoms with Crippen molar-refractivity contribution < 1.29 is 19.1 Å². The normalized spacial score (nSPS) is 22.9. The smallest absolute Gasteiger partial charge is 0.310 e. The van der Waals surface area contributed by atoms with Crippen LogP contribution in [0.25, 0.3) is 0 Å². The lowest BCUT2D eigenvalue weighted by atomic mass is 10.1. The molecule has 1 saturated carbocycles. The van der Waals surface area contributed by atoms with Gasteiger partial charge >= 0.3 is 5.97 Å². The van der Waals surface area contributed by atoms with Gasteiger partial charge in [0.15, 0.2) is 5.78 Å². The van der Waals surface area contributed by atoms with Gasteiger partial charge < -0.3 is 9.53 Å². The molecule has 106 valence electrons. The van der Waals surface area contributed by atoms with E-state index in [2.05, 4.69) is 0 Å². The zero-order chi connectivity index (χ0) is 14.8. The van der Waals surface area contributed by atoms with Crippen LogP contribution in [0.15, 0.2) is 30.3 Å². The number of carbonyl (C=O) groups excluding carboxylic acids is 3. The summed E-state index contributed by atoms with van der Waals surface area (Å²) in [6, 6.07) is 8.89. The van der Waals surface area contributed by atoms with Crippen LogP contribution in [0.3, 0.4) is 0 Å². The van der Waals surface area contributed by atoms with E-state index >= 15 is 0 Å². The van der Waals surface area contributed by atoms with Gasteiger partial charge in [0.25, 0.3) is 0 Å². The fourth-order valence-electron chi connectivity index (χ4n) is 2.48. The van der Waals surface area contributed by atoms with Crippen LogP contribution < -0.4 is 0 Å². The Kier molecular flexibility index (Phi) is 4.02. The first kappa shape index (κ1) is 14.4. The summed E-state index contributed by atoms with van der Waals surface area (Å²) < 4.78 is 5.11. The van der Waals surface area contributed by atoms with Gasteiger partial charge in [-0.25, -0.2) is 0 Å². The number of ether oxygens (including phenoxy) is 1. The van der Waals surface area contributed by atoms with Crippen LogP contribution in [0, 0.1) is 17.3 Å². The number of carbonyl (C=O) groups is 3. The molecule has 1 aliphatic rings. The molecular weight excluding hydrogens is 256 g/mol. The first-order valence-electron chi connectivity index (χ1n) is 6.68. The standard InChI is InChI=1S/C16H18O4/c1-16(2)12(10-17)14(16)15(19)20-9-8-13(18)11-6-4-3-5-7-11/h3-7,10,12,14H,8-9H2,1-2H3. The van der Waals surface area contributed by atoms with Crippen LogP contribution in [0.4, 0.5) is 0 Å². The van der Waals surface area contributed by atoms with Crippen molar-refractivity contribution >= 4 is 18.0 Å². The highest BCUT2D eigenvalue weighted by atomic mass is 16.5. The third-order valence-electron chi connectivity index (χ3n) is 3.98. The quantitative estimate of drug-likeness (QED) is 0.453. The largest absolute Gasteiger partial charge is 0.465 e. The van der Waals surface area contributed by atoms with Crippen LogP contribution in [-0.2, 0) is 14.3 Å². The highest BCUT2D eigenvalue weighted by Gasteiger charge is 2.62. The molecule has 1 aromatic rings. The molecule has 4 nitrogen and oxygen atoms in total. The number of aldehydes is 1. The van der Waals surface area contributed by atoms with Crippen molar-refractivity contribution in [3.63, 3.8) is 0 Å². The van der Waals surface area contributed by atoms with Gasteiger partial charge in [-0.3, -0.25) is 9.59 Å². The maximum atomic E-state index is 11.8. The summed E-state index contributed by atoms with van der Waals surface area (Å²) in [4.78, 5) is 34.4. The Balaban J connectivity index is 1.78. The Hall–Kier alpha value is -1.97. The third-order valence-corrected chi connectivity index (χ3v) is 3.98. The molecule has 0 aliphatic heterocycles. The Morgan fingerprint density at radius 2 is 1.90 bits per heavy atom. The maximum absolute atomic E-state index is 11.8. The van der Waals surface area contributed by atoms with E-state index in [0.29, 0.717) is 5.56 Å². The number of ketones is 1. The van der Waals surface area contributed by atoms with E-state index in [1.165, 1.54) is 0 Å². The average Bonchev–Trinajstić information content (AvgIpc) is 3.01. The number of hydrogen-bond acceptors (Lipinski definition) is 4. The molecule has 0 saturated heterocycles. The minimum atomic E-state index is -0.382. The lowest BCUT2D eigenvalue weighted by Gasteiger charge is -2.05. The molecule has 0 heterocycles. The molecule has 2 unspecified atom stereocenters. The number of benzene rings is 1. The molecule has 0 N–H and O–H groups in total. The highest BCUT2D eigenvalue weighted by molar-refractivity contribution is 5.96. The van der Waals surface area contributed by atoms with E-state index in [1.807, 2.05) is 19.9 Å². The van der Waals surface area contributed by atoms with E-state index in [0.717, 1.165) is 6.29 Å². The predicted octanol–water partition coefficient (Wildman–Crippen LogP) is 2.27. The van der Waals surface area contributed by atoms with Crippen LogP contribution in [0.5, 0.6) is 0 Å². The summed E-state index contributed by atoms with van der Waals surface area (Å²) in [6.07, 6.45) is 0.968. The summed E-state index contributed by atoms with van der Waals surface area (Å²) >= 11 is 0. The van der Waals surface area contributed by atoms with Gasteiger partial charge in [0.2, 0.25) is 0 Å². The van der Waals surface area contributed by atoms with E-state index in [1.54, 1.807) is 24.3 Å². The molecule has 4 heteroatoms. The Bertz CT molecular complexity index is 519. The average molecular weight is 274 g/mol. The molecule has 2 atom stereocenters. The van der Waals surface area contributed by atoms with E-state index in [-0.39, 0.29) is 42.0 Å². The number of rotatable bonds is 6. The monoisotopic (exact) mass is 274 g/mol. The van der Waals surface area contributed by atoms with Crippen molar-refractivity contribution in [3.8, 4) is 0 Å². The number of Topliss-reactive ketones (excluding diaryl/α,β-unsaturated/α-hetero) is 1. The molecular formula is C16H18O4. The summed E-state index contributed by atoms with van der Waals surface area (Å²) in [5.41, 5.74) is 0.295. The summed E-state index contributed by atoms with van der Waals surface area (Å²) in [7, 11) is 0. The third kappa shape index (κ3) is 2.79. The fraction of sp³-hybridized carbons (Fsp3) is 0.438. The molecule has 0 spiro atoms. The summed E-state index contributed by atoms with van der Waals surface area (Å²) in [5, 5.41) is 0. The summed E-state index contributed by atoms with van der Waals surface area (Å²) in [5.74, 6) is -1.07. The molecule has 1 aromatic carbocycles. The lowest BCUT2D eigenvalue weighted by molar-refractivity contribution is -0.146. The van der Waals surface area contributed by atoms with Gasteiger partial charge in [-0.2, -0.15) is 0 Å². The molecule has 0 aromatic heterocycles. The zero-order valence-corrected chi connectivity index (χ0v) is 11.7. The minimum Gasteiger partial charge on any atom is -0.465 e. The molecule has 0 radical (unpaired) electrons. The Morgan fingerprint density at radius 1 is 1.25 bits per heavy atom. The van der Waals surface area contributed by atoms with E-state index < -0.39 is 0 Å². The fourth-order valence-corrected chi connectivity index (χ4v) is 2.48. The second-order valence-electron chi connectivity index (χ2n) is 5.67. The van der Waals surface area contributed by atoms with Gasteiger partial charge in [-0.1, -0.05) is 44.2 Å². The van der Waals surface area contributed by atoms with Crippen LogP contribution in [-0.4, -0.2) is 24.6 Å². The first-order valence-corrected chi connectivity index (χ1v) is 6.68. The van der Waals surface area contributed by atoms with Gasteiger partial charge in [0.05, 0.1) is 12.5 Å². The molecule has 20 heavy (non-hydrogen) atoms. The molecule has 2 rings (SSSR count). The van der Waals surface area contributed by atoms with Crippen molar-refractivity contribution in [1.29, 1.82) is 0 Å². The van der Waals surface area contributed by atoms with Gasteiger partial charge in [0.1, 0.15) is 6.29 Å². The van der Waals surface area contributed by atoms with E-state index in [9.17, 15) is 14.4 Å². The number of hydrogen-bond donors (Lipinski definition) is 0. The zero-order valence-electron chi connectivity index (χ0n) is 11.7. The van der Waals surface area contributed by atoms with Crippen molar-refractivity contribution in [3.05, 3.63) is 35.9 Å². The van der Waals surface area contributed by atoms with Crippen LogP contribution in [0.1, 0.15) is 30.6 Å². The molecule has 0 bridgehead atoms. The Morgan fingerprint density at radius 3 is 2.45 bits per heavy atom. The first-order chi connectivity index (χ1) is 9.48. The van der Waals surface area contributed by atoms with Crippen molar-refractivity contribution in [1.82, 2.24) is 0 Å². The number of esters is 1. The van der Waals surface area contributed by atoms with E-state index in [4.69, 9.17) is 4.74 Å². The van der Waals surface area contributed by atoms with Crippen LogP contribution in [0.2, 0.25) is 0 Å². The molecule has 1 fully saturated rings. The van der Waals surface area contributed by atoms with Crippen molar-refractivity contribution in [2.75, 3.05) is 6.61 Å². The van der Waals surface area contributed by atoms with Gasteiger partial charge in [-0.05, 0) is 5.41 Å². The highest BCUT2D eigenvalue weighted by Crippen LogP contribution is 2.57. The molecule has 1 aliphatic carbocycles. The van der Waals surface area contributed by atoms with Gasteiger partial charge in [0, 0.05) is 17.9 Å². The second kappa shape index (κ2) is 5.57. The SMILES string of the molecule is CC1(C)C(C=O)C1C(=O)OCCC(=O)c1ccccc1. The minimum absolute atomic E-state index is 0.0552. The van der Waals surface area contributed by atoms with Crippen molar-refractivity contribution in [2.45, 2.75) is 20.3 Å². The predicted molar refractivity (Wildman–Crippen MR) is 73.2 cm³/mol. The van der Waals surface area contributed by atoms with Gasteiger partial charge in [-0.15, -0.1) is 0 Å². The van der Waals surface area contributed by atoms with Crippen molar-refractivity contribution in [2.24, 2.45) is 17.3 Å². The summed E-state index contributed by atoms with van der Waals surface area (Å²) in [6.45, 7) is 3.80. The topological polar surface area (TPSA) is 60.4 Å². The molecule has 0 amide bonds. The second-order valence-corrected chi connectivity index (χ2v) is 5.67. The lowest BCUT2D eigenvalue weighted by Crippen LogP contribution is -2.14. The van der Waals surface area contributed by atoms with Crippen LogP contribution >= 0.6 is 0 Å². The Labute approximate surface area is 118 Å². The maximum Gasteiger partial charge on any atom is 0.310 e.